The van der Waals surface area contributed by atoms with Gasteiger partial charge in [-0.3, -0.25) is 4.79 Å². The van der Waals surface area contributed by atoms with Gasteiger partial charge in [0.05, 0.1) is 0 Å². The van der Waals surface area contributed by atoms with Crippen molar-refractivity contribution in [2.45, 2.75) is 38.1 Å². The Hall–Kier alpha value is -1.37. The molecule has 27 heavy (non-hydrogen) atoms. The van der Waals surface area contributed by atoms with Crippen LogP contribution in [-0.2, 0) is 0 Å². The molecule has 2 fully saturated rings. The molecule has 1 aromatic heterocycles. The smallest absolute Gasteiger partial charge is 0.267 e. The third kappa shape index (κ3) is 4.73. The number of benzene rings is 1. The number of piperidine rings is 2. The molecule has 2 N–H and O–H groups in total. The minimum absolute atomic E-state index is 0.00451. The number of nitrogens with zero attached hydrogens (tertiary/aromatic N) is 2. The molecule has 6 heteroatoms. The molecule has 0 aliphatic carbocycles. The van der Waals surface area contributed by atoms with Gasteiger partial charge in [-0.05, 0) is 57.0 Å². The zero-order valence-corrected chi connectivity index (χ0v) is 17.4. The van der Waals surface area contributed by atoms with Crippen LogP contribution in [0.5, 0.6) is 0 Å². The van der Waals surface area contributed by atoms with Gasteiger partial charge in [-0.1, -0.05) is 28.4 Å². The van der Waals surface area contributed by atoms with E-state index in [2.05, 4.69) is 36.0 Å². The SMILES string of the molecule is O=C(NC1CCN(CCN2CCCCC2)CC1)c1cc2c(Br)cccc2[nH]1. The van der Waals surface area contributed by atoms with Gasteiger partial charge in [0.2, 0.25) is 0 Å². The molecule has 0 saturated carbocycles. The Balaban J connectivity index is 1.24. The van der Waals surface area contributed by atoms with Crippen LogP contribution in [0, 0.1) is 0 Å². The molecule has 0 radical (unpaired) electrons. The summed E-state index contributed by atoms with van der Waals surface area (Å²) in [5, 5.41) is 4.27. The van der Waals surface area contributed by atoms with E-state index in [1.54, 1.807) is 0 Å². The van der Waals surface area contributed by atoms with Crippen molar-refractivity contribution in [1.82, 2.24) is 20.1 Å². The number of aromatic amines is 1. The molecule has 0 spiro atoms. The summed E-state index contributed by atoms with van der Waals surface area (Å²) in [5.41, 5.74) is 1.63. The van der Waals surface area contributed by atoms with Crippen LogP contribution in [0.3, 0.4) is 0 Å². The third-order valence-electron chi connectivity index (χ3n) is 5.96. The Bertz CT molecular complexity index is 776. The minimum Gasteiger partial charge on any atom is -0.350 e. The molecule has 2 aliphatic rings. The van der Waals surface area contributed by atoms with E-state index in [1.165, 1.54) is 38.9 Å². The van der Waals surface area contributed by atoms with Gasteiger partial charge in [-0.15, -0.1) is 0 Å². The highest BCUT2D eigenvalue weighted by Crippen LogP contribution is 2.24. The molecule has 1 amide bonds. The molecule has 146 valence electrons. The highest BCUT2D eigenvalue weighted by atomic mass is 79.9. The molecule has 2 aliphatic heterocycles. The van der Waals surface area contributed by atoms with E-state index in [0.29, 0.717) is 5.69 Å². The van der Waals surface area contributed by atoms with E-state index in [1.807, 2.05) is 24.3 Å². The van der Waals surface area contributed by atoms with Crippen molar-refractivity contribution in [2.24, 2.45) is 0 Å². The van der Waals surface area contributed by atoms with Crippen molar-refractivity contribution in [3.8, 4) is 0 Å². The van der Waals surface area contributed by atoms with Gasteiger partial charge in [-0.2, -0.15) is 0 Å². The molecule has 3 heterocycles. The average Bonchev–Trinajstić information content (AvgIpc) is 3.14. The third-order valence-corrected chi connectivity index (χ3v) is 6.65. The maximum Gasteiger partial charge on any atom is 0.267 e. The van der Waals surface area contributed by atoms with E-state index in [4.69, 9.17) is 0 Å². The maximum absolute atomic E-state index is 12.6. The lowest BCUT2D eigenvalue weighted by molar-refractivity contribution is 0.0901. The summed E-state index contributed by atoms with van der Waals surface area (Å²) >= 11 is 3.55. The van der Waals surface area contributed by atoms with Crippen LogP contribution >= 0.6 is 15.9 Å². The summed E-state index contributed by atoms with van der Waals surface area (Å²) in [7, 11) is 0. The number of hydrogen-bond acceptors (Lipinski definition) is 3. The highest BCUT2D eigenvalue weighted by molar-refractivity contribution is 9.10. The molecular formula is C21H29BrN4O. The number of amides is 1. The van der Waals surface area contributed by atoms with Gasteiger partial charge in [0.1, 0.15) is 5.69 Å². The number of H-pyrrole nitrogens is 1. The van der Waals surface area contributed by atoms with Crippen LogP contribution in [-0.4, -0.2) is 66.0 Å². The predicted octanol–water partition coefficient (Wildman–Crippen LogP) is 3.61. The molecule has 2 saturated heterocycles. The van der Waals surface area contributed by atoms with Gasteiger partial charge in [-0.25, -0.2) is 0 Å². The van der Waals surface area contributed by atoms with Crippen molar-refractivity contribution in [3.05, 3.63) is 34.4 Å². The average molecular weight is 433 g/mol. The van der Waals surface area contributed by atoms with Crippen LogP contribution in [0.15, 0.2) is 28.7 Å². The van der Waals surface area contributed by atoms with Crippen molar-refractivity contribution in [1.29, 1.82) is 0 Å². The second-order valence-corrected chi connectivity index (χ2v) is 8.73. The summed E-state index contributed by atoms with van der Waals surface area (Å²) in [6, 6.07) is 8.18. The van der Waals surface area contributed by atoms with Gasteiger partial charge in [0.15, 0.2) is 0 Å². The van der Waals surface area contributed by atoms with Crippen molar-refractivity contribution >= 4 is 32.7 Å². The van der Waals surface area contributed by atoms with E-state index in [9.17, 15) is 4.79 Å². The Morgan fingerprint density at radius 3 is 2.48 bits per heavy atom. The number of aromatic nitrogens is 1. The fourth-order valence-electron chi connectivity index (χ4n) is 4.27. The lowest BCUT2D eigenvalue weighted by Crippen LogP contribution is -2.46. The lowest BCUT2D eigenvalue weighted by Gasteiger charge is -2.34. The first-order valence-corrected chi connectivity index (χ1v) is 11.0. The van der Waals surface area contributed by atoms with Gasteiger partial charge in [0.25, 0.3) is 5.91 Å². The highest BCUT2D eigenvalue weighted by Gasteiger charge is 2.22. The zero-order valence-electron chi connectivity index (χ0n) is 15.8. The lowest BCUT2D eigenvalue weighted by atomic mass is 10.0. The van der Waals surface area contributed by atoms with Crippen molar-refractivity contribution in [2.75, 3.05) is 39.3 Å². The summed E-state index contributed by atoms with van der Waals surface area (Å²) in [6.45, 7) is 7.06. The van der Waals surface area contributed by atoms with Gasteiger partial charge >= 0.3 is 0 Å². The van der Waals surface area contributed by atoms with Crippen LogP contribution in [0.2, 0.25) is 0 Å². The Labute approximate surface area is 169 Å². The molecule has 0 unspecified atom stereocenters. The number of carbonyl (C=O) groups is 1. The van der Waals surface area contributed by atoms with E-state index < -0.39 is 0 Å². The molecule has 0 atom stereocenters. The maximum atomic E-state index is 12.6. The predicted molar refractivity (Wildman–Crippen MR) is 113 cm³/mol. The molecular weight excluding hydrogens is 404 g/mol. The van der Waals surface area contributed by atoms with Crippen LogP contribution in [0.1, 0.15) is 42.6 Å². The Morgan fingerprint density at radius 2 is 1.78 bits per heavy atom. The van der Waals surface area contributed by atoms with Crippen LogP contribution < -0.4 is 5.32 Å². The topological polar surface area (TPSA) is 51.4 Å². The minimum atomic E-state index is 0.00451. The summed E-state index contributed by atoms with van der Waals surface area (Å²) in [4.78, 5) is 21.0. The van der Waals surface area contributed by atoms with Gasteiger partial charge < -0.3 is 20.1 Å². The fraction of sp³-hybridized carbons (Fsp3) is 0.571. The van der Waals surface area contributed by atoms with E-state index in [0.717, 1.165) is 47.9 Å². The van der Waals surface area contributed by atoms with E-state index >= 15 is 0 Å². The molecule has 4 rings (SSSR count). The fourth-order valence-corrected chi connectivity index (χ4v) is 4.75. The molecule has 0 bridgehead atoms. The Morgan fingerprint density at radius 1 is 1.07 bits per heavy atom. The van der Waals surface area contributed by atoms with Gasteiger partial charge in [0, 0.05) is 47.6 Å². The number of halogens is 1. The summed E-state index contributed by atoms with van der Waals surface area (Å²) in [6.07, 6.45) is 6.19. The molecule has 5 nitrogen and oxygen atoms in total. The number of hydrogen-bond donors (Lipinski definition) is 2. The van der Waals surface area contributed by atoms with E-state index in [-0.39, 0.29) is 11.9 Å². The number of fused-ring (bicyclic) bond motifs is 1. The first-order valence-electron chi connectivity index (χ1n) is 10.2. The van der Waals surface area contributed by atoms with Crippen LogP contribution in [0.4, 0.5) is 0 Å². The van der Waals surface area contributed by atoms with Crippen LogP contribution in [0.25, 0.3) is 10.9 Å². The zero-order chi connectivity index (χ0) is 18.6. The first-order chi connectivity index (χ1) is 13.2. The first kappa shape index (κ1) is 19.0. The monoisotopic (exact) mass is 432 g/mol. The number of nitrogens with one attached hydrogen (secondary N) is 2. The molecule has 1 aromatic carbocycles. The largest absolute Gasteiger partial charge is 0.350 e. The van der Waals surface area contributed by atoms with Crippen molar-refractivity contribution in [3.63, 3.8) is 0 Å². The second-order valence-electron chi connectivity index (χ2n) is 7.88. The summed E-state index contributed by atoms with van der Waals surface area (Å²) < 4.78 is 1.01. The molecule has 2 aromatic rings. The normalized spacial score (nSPS) is 20.2. The standard InChI is InChI=1S/C21H29BrN4O/c22-18-5-4-6-19-17(18)15-20(24-19)21(27)23-16-7-11-26(12-8-16)14-13-25-9-2-1-3-10-25/h4-6,15-16,24H,1-3,7-14H2,(H,23,27). The Kier molecular flexibility index (Phi) is 6.15. The number of carbonyl (C=O) groups excluding carboxylic acids is 1. The second kappa shape index (κ2) is 8.76. The van der Waals surface area contributed by atoms with Crippen molar-refractivity contribution < 1.29 is 4.79 Å². The quantitative estimate of drug-likeness (QED) is 0.758. The summed E-state index contributed by atoms with van der Waals surface area (Å²) in [5.74, 6) is 0.00451. The number of rotatable bonds is 5. The number of likely N-dealkylation sites (tertiary alicyclic amines) is 2.